The Kier molecular flexibility index (Phi) is 3.71. The molecule has 2 heteroatoms. The molecular weight excluding hydrogens is 208 g/mol. The maximum absolute atomic E-state index is 5.41. The standard InChI is InChI=1S/C15H14N2/c16-17-15(14-9-5-2-6-10-14)12-11-13-7-3-1-4-8-13/h1-12H,16H2. The third kappa shape index (κ3) is 3.05. The van der Waals surface area contributed by atoms with Gasteiger partial charge < -0.3 is 5.84 Å². The molecule has 84 valence electrons. The Morgan fingerprint density at radius 1 is 0.882 bits per heavy atom. The van der Waals surface area contributed by atoms with Gasteiger partial charge in [-0.05, 0) is 11.6 Å². The van der Waals surface area contributed by atoms with Crippen molar-refractivity contribution in [3.05, 3.63) is 77.9 Å². The molecule has 0 aromatic heterocycles. The van der Waals surface area contributed by atoms with Gasteiger partial charge >= 0.3 is 0 Å². The quantitative estimate of drug-likeness (QED) is 0.484. The van der Waals surface area contributed by atoms with Crippen molar-refractivity contribution >= 4 is 11.8 Å². The summed E-state index contributed by atoms with van der Waals surface area (Å²) in [4.78, 5) is 0. The van der Waals surface area contributed by atoms with E-state index in [1.807, 2.05) is 72.8 Å². The van der Waals surface area contributed by atoms with E-state index in [9.17, 15) is 0 Å². The van der Waals surface area contributed by atoms with Gasteiger partial charge in [0.25, 0.3) is 0 Å². The molecule has 2 aromatic rings. The molecule has 2 N–H and O–H groups in total. The Bertz CT molecular complexity index is 513. The van der Waals surface area contributed by atoms with Crippen molar-refractivity contribution in [2.75, 3.05) is 0 Å². The first-order chi connectivity index (χ1) is 8.40. The highest BCUT2D eigenvalue weighted by atomic mass is 15.1. The summed E-state index contributed by atoms with van der Waals surface area (Å²) in [6.45, 7) is 0. The molecule has 0 saturated carbocycles. The van der Waals surface area contributed by atoms with Gasteiger partial charge in [0, 0.05) is 5.56 Å². The van der Waals surface area contributed by atoms with E-state index in [2.05, 4.69) is 5.10 Å². The molecule has 0 aliphatic heterocycles. The lowest BCUT2D eigenvalue weighted by molar-refractivity contribution is 1.25. The number of rotatable bonds is 3. The zero-order valence-corrected chi connectivity index (χ0v) is 9.45. The van der Waals surface area contributed by atoms with Gasteiger partial charge in [0.2, 0.25) is 0 Å². The van der Waals surface area contributed by atoms with E-state index in [0.717, 1.165) is 16.8 Å². The van der Waals surface area contributed by atoms with Crippen molar-refractivity contribution in [1.29, 1.82) is 0 Å². The topological polar surface area (TPSA) is 38.4 Å². The van der Waals surface area contributed by atoms with Crippen molar-refractivity contribution in [1.82, 2.24) is 0 Å². The highest BCUT2D eigenvalue weighted by molar-refractivity contribution is 6.10. The molecule has 0 unspecified atom stereocenters. The molecule has 2 nitrogen and oxygen atoms in total. The fourth-order valence-electron chi connectivity index (χ4n) is 1.56. The largest absolute Gasteiger partial charge is 0.323 e. The van der Waals surface area contributed by atoms with E-state index in [4.69, 9.17) is 5.84 Å². The summed E-state index contributed by atoms with van der Waals surface area (Å²) < 4.78 is 0. The Morgan fingerprint density at radius 2 is 1.47 bits per heavy atom. The number of allylic oxidation sites excluding steroid dienone is 1. The summed E-state index contributed by atoms with van der Waals surface area (Å²) in [5.74, 6) is 5.41. The van der Waals surface area contributed by atoms with Crippen molar-refractivity contribution in [2.24, 2.45) is 10.9 Å². The highest BCUT2D eigenvalue weighted by Crippen LogP contribution is 2.05. The maximum atomic E-state index is 5.41. The van der Waals surface area contributed by atoms with Gasteiger partial charge in [0.15, 0.2) is 0 Å². The molecule has 0 aliphatic carbocycles. The van der Waals surface area contributed by atoms with E-state index < -0.39 is 0 Å². The van der Waals surface area contributed by atoms with Crippen molar-refractivity contribution in [2.45, 2.75) is 0 Å². The van der Waals surface area contributed by atoms with Gasteiger partial charge in [0.05, 0.1) is 5.71 Å². The van der Waals surface area contributed by atoms with Crippen LogP contribution in [0.3, 0.4) is 0 Å². The van der Waals surface area contributed by atoms with E-state index in [1.54, 1.807) is 0 Å². The zero-order valence-electron chi connectivity index (χ0n) is 9.45. The molecule has 0 aliphatic rings. The lowest BCUT2D eigenvalue weighted by Crippen LogP contribution is -2.00. The van der Waals surface area contributed by atoms with Gasteiger partial charge in [-0.3, -0.25) is 0 Å². The molecule has 0 amide bonds. The van der Waals surface area contributed by atoms with Crippen LogP contribution in [0.1, 0.15) is 11.1 Å². The number of hydrogen-bond acceptors (Lipinski definition) is 2. The number of nitrogens with zero attached hydrogens (tertiary/aromatic N) is 1. The van der Waals surface area contributed by atoms with Crippen LogP contribution in [0, 0.1) is 0 Å². The molecular formula is C15H14N2. The number of nitrogens with two attached hydrogens (primary N) is 1. The summed E-state index contributed by atoms with van der Waals surface area (Å²) in [7, 11) is 0. The Morgan fingerprint density at radius 3 is 2.06 bits per heavy atom. The minimum atomic E-state index is 0.773. The fraction of sp³-hybridized carbons (Fsp3) is 0. The Labute approximate surface area is 101 Å². The fourth-order valence-corrected chi connectivity index (χ4v) is 1.56. The van der Waals surface area contributed by atoms with Gasteiger partial charge in [-0.1, -0.05) is 66.7 Å². The van der Waals surface area contributed by atoms with E-state index in [-0.39, 0.29) is 0 Å². The Hall–Kier alpha value is -2.35. The minimum Gasteiger partial charge on any atom is -0.323 e. The third-order valence-electron chi connectivity index (χ3n) is 2.44. The zero-order chi connectivity index (χ0) is 11.9. The maximum Gasteiger partial charge on any atom is 0.0899 e. The van der Waals surface area contributed by atoms with Crippen LogP contribution in [0.15, 0.2) is 71.8 Å². The van der Waals surface area contributed by atoms with E-state index >= 15 is 0 Å². The second-order valence-corrected chi connectivity index (χ2v) is 3.62. The molecule has 0 heterocycles. The molecule has 2 aromatic carbocycles. The summed E-state index contributed by atoms with van der Waals surface area (Å²) in [6, 6.07) is 20.0. The molecule has 0 bridgehead atoms. The number of benzene rings is 2. The summed E-state index contributed by atoms with van der Waals surface area (Å²) in [5, 5.41) is 3.80. The van der Waals surface area contributed by atoms with Crippen LogP contribution >= 0.6 is 0 Å². The number of hydrogen-bond donors (Lipinski definition) is 1. The van der Waals surface area contributed by atoms with E-state index in [1.165, 1.54) is 0 Å². The smallest absolute Gasteiger partial charge is 0.0899 e. The Balaban J connectivity index is 2.20. The lowest BCUT2D eigenvalue weighted by Gasteiger charge is -1.99. The molecule has 2 rings (SSSR count). The van der Waals surface area contributed by atoms with Crippen molar-refractivity contribution in [3.8, 4) is 0 Å². The first-order valence-corrected chi connectivity index (χ1v) is 5.46. The minimum absolute atomic E-state index is 0.773. The lowest BCUT2D eigenvalue weighted by atomic mass is 10.1. The summed E-state index contributed by atoms with van der Waals surface area (Å²) in [5.41, 5.74) is 2.92. The first kappa shape index (κ1) is 11.1. The van der Waals surface area contributed by atoms with Crippen LogP contribution in [0.5, 0.6) is 0 Å². The molecule has 0 fully saturated rings. The van der Waals surface area contributed by atoms with Crippen LogP contribution in [0.2, 0.25) is 0 Å². The molecule has 0 spiro atoms. The van der Waals surface area contributed by atoms with Crippen LogP contribution < -0.4 is 5.84 Å². The SMILES string of the molecule is NN=C(C=Cc1ccccc1)c1ccccc1. The van der Waals surface area contributed by atoms with Gasteiger partial charge in [-0.25, -0.2) is 0 Å². The normalized spacial score (nSPS) is 11.9. The van der Waals surface area contributed by atoms with Crippen molar-refractivity contribution < 1.29 is 0 Å². The monoisotopic (exact) mass is 222 g/mol. The summed E-state index contributed by atoms with van der Waals surface area (Å²) in [6.07, 6.45) is 3.92. The summed E-state index contributed by atoms with van der Waals surface area (Å²) >= 11 is 0. The van der Waals surface area contributed by atoms with Crippen molar-refractivity contribution in [3.63, 3.8) is 0 Å². The van der Waals surface area contributed by atoms with E-state index in [0.29, 0.717) is 0 Å². The van der Waals surface area contributed by atoms with Crippen LogP contribution in [0.25, 0.3) is 6.08 Å². The van der Waals surface area contributed by atoms with Crippen LogP contribution in [0.4, 0.5) is 0 Å². The average molecular weight is 222 g/mol. The van der Waals surface area contributed by atoms with Crippen LogP contribution in [-0.2, 0) is 0 Å². The molecule has 17 heavy (non-hydrogen) atoms. The average Bonchev–Trinajstić information content (AvgIpc) is 2.42. The van der Waals surface area contributed by atoms with Crippen LogP contribution in [-0.4, -0.2) is 5.71 Å². The second kappa shape index (κ2) is 5.66. The molecule has 0 atom stereocenters. The third-order valence-corrected chi connectivity index (χ3v) is 2.44. The first-order valence-electron chi connectivity index (χ1n) is 5.46. The van der Waals surface area contributed by atoms with Gasteiger partial charge in [-0.2, -0.15) is 5.10 Å². The highest BCUT2D eigenvalue weighted by Gasteiger charge is 1.97. The van der Waals surface area contributed by atoms with Gasteiger partial charge in [0.1, 0.15) is 0 Å². The van der Waals surface area contributed by atoms with Gasteiger partial charge in [-0.15, -0.1) is 0 Å². The number of hydrazone groups is 1. The molecule has 0 saturated heterocycles. The second-order valence-electron chi connectivity index (χ2n) is 3.62. The predicted molar refractivity (Wildman–Crippen MR) is 72.6 cm³/mol. The predicted octanol–water partition coefficient (Wildman–Crippen LogP) is 3.06. The molecule has 0 radical (unpaired) electrons.